The lowest BCUT2D eigenvalue weighted by Gasteiger charge is -2.56. The van der Waals surface area contributed by atoms with E-state index in [-0.39, 0.29) is 48.6 Å². The molecule has 4 aliphatic rings. The first-order valence-electron chi connectivity index (χ1n) is 15.5. The van der Waals surface area contributed by atoms with Crippen LogP contribution in [0.5, 0.6) is 0 Å². The molecule has 44 heavy (non-hydrogen) atoms. The van der Waals surface area contributed by atoms with E-state index < -0.39 is 40.8 Å². The Bertz CT molecular complexity index is 1370. The lowest BCUT2D eigenvalue weighted by molar-refractivity contribution is -0.172. The fraction of sp³-hybridized carbons (Fsp3) is 0.588. The molecule has 1 aromatic carbocycles. The van der Waals surface area contributed by atoms with Crippen LogP contribution in [0, 0.1) is 28.6 Å². The van der Waals surface area contributed by atoms with Gasteiger partial charge in [0.25, 0.3) is 0 Å². The third kappa shape index (κ3) is 5.68. The molecule has 0 unspecified atom stereocenters. The number of ketones is 3. The average molecular weight is 646 g/mol. The number of hydrogen-bond acceptors (Lipinski definition) is 8. The highest BCUT2D eigenvalue weighted by Gasteiger charge is 2.68. The Hall–Kier alpha value is -2.52. The number of fused-ring (bicyclic) bond motifs is 5. The SMILES string of the molecule is C[C@]12C=CC(=O)C=C1CC[C@@H]1[C@@H]2C(=O)C[C@@]2(C)[C@H]1CC[C@]2(O)C(=O)COC(=O)[C@@H](N)Cc1ccc(N(CCCl)CCCl)cc1. The van der Waals surface area contributed by atoms with Gasteiger partial charge in [-0.05, 0) is 73.8 Å². The molecule has 10 heteroatoms. The molecule has 0 saturated heterocycles. The van der Waals surface area contributed by atoms with Gasteiger partial charge in [-0.15, -0.1) is 23.2 Å². The normalized spacial score (nSPS) is 33.1. The van der Waals surface area contributed by atoms with Crippen LogP contribution in [0.2, 0.25) is 0 Å². The van der Waals surface area contributed by atoms with Gasteiger partial charge in [0.15, 0.2) is 12.4 Å². The van der Waals surface area contributed by atoms with Gasteiger partial charge in [0.05, 0.1) is 0 Å². The van der Waals surface area contributed by atoms with Gasteiger partial charge in [-0.1, -0.05) is 37.6 Å². The lowest BCUT2D eigenvalue weighted by atomic mass is 9.46. The summed E-state index contributed by atoms with van der Waals surface area (Å²) in [5.74, 6) is -0.777. The number of esters is 1. The Balaban J connectivity index is 1.21. The number of rotatable bonds is 11. The fourth-order valence-corrected chi connectivity index (χ4v) is 9.02. The minimum Gasteiger partial charge on any atom is -0.456 e. The number of allylic oxidation sites excluding steroid dienone is 4. The maximum absolute atomic E-state index is 13.8. The van der Waals surface area contributed by atoms with Gasteiger partial charge >= 0.3 is 5.97 Å². The van der Waals surface area contributed by atoms with E-state index in [0.29, 0.717) is 37.7 Å². The van der Waals surface area contributed by atoms with Gasteiger partial charge in [0.2, 0.25) is 5.78 Å². The number of benzene rings is 1. The Morgan fingerprint density at radius 1 is 1.11 bits per heavy atom. The molecule has 3 fully saturated rings. The maximum Gasteiger partial charge on any atom is 0.323 e. The van der Waals surface area contributed by atoms with Crippen LogP contribution in [0.25, 0.3) is 0 Å². The van der Waals surface area contributed by atoms with Crippen LogP contribution < -0.4 is 10.6 Å². The summed E-state index contributed by atoms with van der Waals surface area (Å²) in [6.45, 7) is 4.58. The predicted molar refractivity (Wildman–Crippen MR) is 170 cm³/mol. The zero-order valence-corrected chi connectivity index (χ0v) is 26.9. The smallest absolute Gasteiger partial charge is 0.323 e. The average Bonchev–Trinajstić information content (AvgIpc) is 3.26. The number of carbonyl (C=O) groups excluding carboxylic acids is 4. The predicted octanol–water partition coefficient (Wildman–Crippen LogP) is 4.17. The highest BCUT2D eigenvalue weighted by atomic mass is 35.5. The Labute approximate surface area is 269 Å². The van der Waals surface area contributed by atoms with Gasteiger partial charge < -0.3 is 20.5 Å². The van der Waals surface area contributed by atoms with E-state index >= 15 is 0 Å². The van der Waals surface area contributed by atoms with E-state index in [0.717, 1.165) is 23.2 Å². The third-order valence-corrected chi connectivity index (χ3v) is 11.3. The summed E-state index contributed by atoms with van der Waals surface area (Å²) in [6.07, 6.45) is 7.61. The number of hydrogen-bond donors (Lipinski definition) is 2. The molecular formula is C34H42Cl2N2O6. The Morgan fingerprint density at radius 3 is 2.45 bits per heavy atom. The van der Waals surface area contributed by atoms with Crippen LogP contribution in [-0.4, -0.2) is 71.5 Å². The number of ether oxygens (including phenoxy) is 1. The van der Waals surface area contributed by atoms with Gasteiger partial charge in [-0.2, -0.15) is 0 Å². The maximum atomic E-state index is 13.8. The molecule has 7 atom stereocenters. The highest BCUT2D eigenvalue weighted by Crippen LogP contribution is 2.66. The van der Waals surface area contributed by atoms with Gasteiger partial charge in [-0.25, -0.2) is 0 Å². The van der Waals surface area contributed by atoms with Crippen LogP contribution in [0.3, 0.4) is 0 Å². The van der Waals surface area contributed by atoms with Crippen LogP contribution in [0.4, 0.5) is 5.69 Å². The molecule has 3 N–H and O–H groups in total. The minimum atomic E-state index is -1.79. The van der Waals surface area contributed by atoms with E-state index in [1.165, 1.54) is 0 Å². The van der Waals surface area contributed by atoms with Gasteiger partial charge in [0.1, 0.15) is 17.4 Å². The van der Waals surface area contributed by atoms with Crippen molar-refractivity contribution in [3.63, 3.8) is 0 Å². The number of carbonyl (C=O) groups is 4. The molecule has 0 radical (unpaired) electrons. The molecule has 0 amide bonds. The topological polar surface area (TPSA) is 127 Å². The monoisotopic (exact) mass is 644 g/mol. The molecular weight excluding hydrogens is 603 g/mol. The van der Waals surface area contributed by atoms with E-state index in [4.69, 9.17) is 33.7 Å². The molecule has 238 valence electrons. The number of alkyl halides is 2. The van der Waals surface area contributed by atoms with Crippen molar-refractivity contribution in [3.05, 3.63) is 53.6 Å². The standard InChI is InChI=1S/C34H42Cl2N2O6/c1-32-11-9-24(39)18-22(32)5-8-25-26-10-12-34(43,33(26,2)19-28(40)30(25)32)29(41)20-44-31(42)27(37)17-21-3-6-23(7-4-21)38(15-13-35)16-14-36/h3-4,6-7,9,11,18,25-27,30,43H,5,8,10,12-17,19-20,37H2,1-2H3/t25-,26-,27-,30+,32-,33-,34-/m0/s1. The van der Waals surface area contributed by atoms with Crippen molar-refractivity contribution < 1.29 is 29.0 Å². The van der Waals surface area contributed by atoms with E-state index in [1.807, 2.05) is 44.2 Å². The molecule has 0 bridgehead atoms. The fourth-order valence-electron chi connectivity index (χ4n) is 8.61. The Morgan fingerprint density at radius 2 is 1.80 bits per heavy atom. The zero-order valence-electron chi connectivity index (χ0n) is 25.4. The Kier molecular flexibility index (Phi) is 9.49. The van der Waals surface area contributed by atoms with Crippen molar-refractivity contribution in [1.29, 1.82) is 0 Å². The van der Waals surface area contributed by atoms with Crippen molar-refractivity contribution >= 4 is 52.2 Å². The molecule has 4 aliphatic carbocycles. The third-order valence-electron chi connectivity index (χ3n) is 11.0. The number of Topliss-reactive ketones (excluding diaryl/α,β-unsaturated/α-hetero) is 2. The van der Waals surface area contributed by atoms with Crippen LogP contribution in [0.1, 0.15) is 51.5 Å². The zero-order chi connectivity index (χ0) is 31.9. The molecule has 0 aromatic heterocycles. The largest absolute Gasteiger partial charge is 0.456 e. The van der Waals surface area contributed by atoms with Crippen molar-refractivity contribution in [2.24, 2.45) is 34.3 Å². The van der Waals surface area contributed by atoms with Crippen molar-refractivity contribution in [2.75, 3.05) is 36.4 Å². The van der Waals surface area contributed by atoms with E-state index in [2.05, 4.69) is 4.90 Å². The first-order chi connectivity index (χ1) is 20.9. The number of aliphatic hydroxyl groups is 1. The second-order valence-corrected chi connectivity index (χ2v) is 14.1. The summed E-state index contributed by atoms with van der Waals surface area (Å²) >= 11 is 11.8. The minimum absolute atomic E-state index is 0.00689. The van der Waals surface area contributed by atoms with Crippen LogP contribution in [-0.2, 0) is 30.3 Å². The molecule has 0 spiro atoms. The summed E-state index contributed by atoms with van der Waals surface area (Å²) in [5, 5.41) is 11.9. The number of halogens is 2. The summed E-state index contributed by atoms with van der Waals surface area (Å²) in [4.78, 5) is 54.3. The summed E-state index contributed by atoms with van der Waals surface area (Å²) in [7, 11) is 0. The quantitative estimate of drug-likeness (QED) is 0.271. The van der Waals surface area contributed by atoms with Crippen molar-refractivity contribution in [1.82, 2.24) is 0 Å². The first-order valence-corrected chi connectivity index (χ1v) is 16.6. The second-order valence-electron chi connectivity index (χ2n) is 13.3. The molecule has 0 aliphatic heterocycles. The van der Waals surface area contributed by atoms with Crippen molar-refractivity contribution in [3.8, 4) is 0 Å². The lowest BCUT2D eigenvalue weighted by Crippen LogP contribution is -2.60. The van der Waals surface area contributed by atoms with Crippen LogP contribution >= 0.6 is 23.2 Å². The van der Waals surface area contributed by atoms with E-state index in [9.17, 15) is 24.3 Å². The molecule has 5 rings (SSSR count). The first kappa shape index (κ1) is 32.9. The highest BCUT2D eigenvalue weighted by molar-refractivity contribution is 6.18. The van der Waals surface area contributed by atoms with Gasteiger partial charge in [0, 0.05) is 53.7 Å². The van der Waals surface area contributed by atoms with Crippen molar-refractivity contribution in [2.45, 2.75) is 64.0 Å². The molecule has 1 aromatic rings. The molecule has 8 nitrogen and oxygen atoms in total. The molecule has 3 saturated carbocycles. The van der Waals surface area contributed by atoms with Gasteiger partial charge in [-0.3, -0.25) is 19.2 Å². The van der Waals surface area contributed by atoms with Crippen LogP contribution in [0.15, 0.2) is 48.1 Å². The second kappa shape index (κ2) is 12.7. The summed E-state index contributed by atoms with van der Waals surface area (Å²) < 4.78 is 5.35. The molecule has 0 heterocycles. The number of nitrogens with two attached hydrogens (primary N) is 1. The van der Waals surface area contributed by atoms with E-state index in [1.54, 1.807) is 12.2 Å². The number of anilines is 1. The number of nitrogens with zero attached hydrogens (tertiary/aromatic N) is 1. The summed E-state index contributed by atoms with van der Waals surface area (Å²) in [5.41, 5.74) is 5.65. The summed E-state index contributed by atoms with van der Waals surface area (Å²) in [6, 6.07) is 6.61.